The third-order valence-corrected chi connectivity index (χ3v) is 3.05. The van der Waals surface area contributed by atoms with Crippen LogP contribution in [0.25, 0.3) is 0 Å². The van der Waals surface area contributed by atoms with Gasteiger partial charge in [-0.1, -0.05) is 0 Å². The summed E-state index contributed by atoms with van der Waals surface area (Å²) < 4.78 is 22.1. The van der Waals surface area contributed by atoms with Gasteiger partial charge >= 0.3 is 0 Å². The molecule has 1 aromatic heterocycles. The van der Waals surface area contributed by atoms with E-state index in [2.05, 4.69) is 15.3 Å². The smallest absolute Gasteiger partial charge is 0.271 e. The van der Waals surface area contributed by atoms with Crippen LogP contribution in [0.2, 0.25) is 0 Å². The summed E-state index contributed by atoms with van der Waals surface area (Å²) in [5.74, 6) is -0.522. The average Bonchev–Trinajstić information content (AvgIpc) is 2.15. The van der Waals surface area contributed by atoms with E-state index in [0.717, 1.165) is 6.26 Å². The molecule has 0 spiro atoms. The maximum atomic E-state index is 11.6. The fourth-order valence-electron chi connectivity index (χ4n) is 1.30. The van der Waals surface area contributed by atoms with Crippen molar-refractivity contribution in [2.75, 3.05) is 12.0 Å². The van der Waals surface area contributed by atoms with Gasteiger partial charge in [0.25, 0.3) is 5.91 Å². The number of rotatable bonds is 4. The van der Waals surface area contributed by atoms with E-state index >= 15 is 0 Å². The number of aromatic nitrogens is 2. The van der Waals surface area contributed by atoms with E-state index in [1.165, 1.54) is 12.4 Å². The maximum Gasteiger partial charge on any atom is 0.271 e. The van der Waals surface area contributed by atoms with Gasteiger partial charge in [0, 0.05) is 18.5 Å². The summed E-state index contributed by atoms with van der Waals surface area (Å²) in [4.78, 5) is 19.5. The molecule has 1 aromatic rings. The van der Waals surface area contributed by atoms with Crippen molar-refractivity contribution in [2.45, 2.75) is 19.9 Å². The predicted molar refractivity (Wildman–Crippen MR) is 63.4 cm³/mol. The van der Waals surface area contributed by atoms with Crippen molar-refractivity contribution >= 4 is 15.7 Å². The lowest BCUT2D eigenvalue weighted by molar-refractivity contribution is 0.0938. The van der Waals surface area contributed by atoms with Gasteiger partial charge in [-0.15, -0.1) is 0 Å². The molecule has 0 aliphatic carbocycles. The zero-order valence-corrected chi connectivity index (χ0v) is 10.8. The Balaban J connectivity index is 2.63. The molecule has 0 saturated carbocycles. The van der Waals surface area contributed by atoms with E-state index in [0.29, 0.717) is 5.69 Å². The van der Waals surface area contributed by atoms with Crippen molar-refractivity contribution < 1.29 is 13.2 Å². The second kappa shape index (κ2) is 5.22. The summed E-state index contributed by atoms with van der Waals surface area (Å²) in [5, 5.41) is 2.55. The Morgan fingerprint density at radius 1 is 1.41 bits per heavy atom. The molecule has 0 fully saturated rings. The van der Waals surface area contributed by atoms with Crippen molar-refractivity contribution in [1.29, 1.82) is 0 Å². The highest BCUT2D eigenvalue weighted by Crippen LogP contribution is 1.96. The molecule has 0 aromatic carbocycles. The zero-order valence-electron chi connectivity index (χ0n) is 9.97. The number of nitrogens with zero attached hydrogens (tertiary/aromatic N) is 2. The number of amides is 1. The molecular weight excluding hydrogens is 242 g/mol. The van der Waals surface area contributed by atoms with Crippen molar-refractivity contribution in [3.63, 3.8) is 0 Å². The summed E-state index contributed by atoms with van der Waals surface area (Å²) in [6.45, 7) is 3.39. The van der Waals surface area contributed by atoms with Gasteiger partial charge in [0.05, 0.1) is 17.6 Å². The highest BCUT2D eigenvalue weighted by Gasteiger charge is 2.15. The first kappa shape index (κ1) is 13.6. The SMILES string of the molecule is Cc1cnc(C(=O)NC(C)CS(C)(=O)=O)cn1. The minimum atomic E-state index is -3.11. The summed E-state index contributed by atoms with van der Waals surface area (Å²) in [7, 11) is -3.11. The van der Waals surface area contributed by atoms with Gasteiger partial charge in [-0.2, -0.15) is 0 Å². The van der Waals surface area contributed by atoms with Gasteiger partial charge < -0.3 is 5.32 Å². The van der Waals surface area contributed by atoms with Gasteiger partial charge in [-0.3, -0.25) is 9.78 Å². The molecule has 1 rings (SSSR count). The number of nitrogens with one attached hydrogen (secondary N) is 1. The summed E-state index contributed by atoms with van der Waals surface area (Å²) in [6, 6.07) is -0.458. The van der Waals surface area contributed by atoms with Gasteiger partial charge in [0.15, 0.2) is 0 Å². The Morgan fingerprint density at radius 2 is 2.06 bits per heavy atom. The first-order valence-electron chi connectivity index (χ1n) is 5.05. The largest absolute Gasteiger partial charge is 0.347 e. The Labute approximate surface area is 100 Å². The average molecular weight is 257 g/mol. The molecule has 0 saturated heterocycles. The second-order valence-electron chi connectivity index (χ2n) is 4.01. The van der Waals surface area contributed by atoms with Crippen LogP contribution in [0.5, 0.6) is 0 Å². The number of hydrogen-bond acceptors (Lipinski definition) is 5. The molecule has 0 radical (unpaired) electrons. The topological polar surface area (TPSA) is 89.0 Å². The first-order valence-corrected chi connectivity index (χ1v) is 7.11. The molecule has 0 aliphatic rings. The Kier molecular flexibility index (Phi) is 4.17. The third kappa shape index (κ3) is 4.90. The molecule has 17 heavy (non-hydrogen) atoms. The molecule has 1 unspecified atom stereocenters. The fourth-order valence-corrected chi connectivity index (χ4v) is 2.29. The van der Waals surface area contributed by atoms with Gasteiger partial charge in [0.1, 0.15) is 15.5 Å². The van der Waals surface area contributed by atoms with Crippen molar-refractivity contribution in [2.24, 2.45) is 0 Å². The molecule has 1 heterocycles. The van der Waals surface area contributed by atoms with Crippen LogP contribution in [0.4, 0.5) is 0 Å². The van der Waals surface area contributed by atoms with Crippen LogP contribution in [-0.4, -0.2) is 42.3 Å². The lowest BCUT2D eigenvalue weighted by atomic mass is 10.3. The van der Waals surface area contributed by atoms with Gasteiger partial charge in [-0.25, -0.2) is 13.4 Å². The van der Waals surface area contributed by atoms with E-state index in [1.807, 2.05) is 0 Å². The predicted octanol–water partition coefficient (Wildman–Crippen LogP) is -0.0521. The highest BCUT2D eigenvalue weighted by atomic mass is 32.2. The lowest BCUT2D eigenvalue weighted by Crippen LogP contribution is -2.37. The van der Waals surface area contributed by atoms with Crippen LogP contribution in [-0.2, 0) is 9.84 Å². The van der Waals surface area contributed by atoms with E-state index in [9.17, 15) is 13.2 Å². The van der Waals surface area contributed by atoms with Crippen LogP contribution in [0.15, 0.2) is 12.4 Å². The number of hydrogen-bond donors (Lipinski definition) is 1. The Bertz CT molecular complexity index is 496. The minimum Gasteiger partial charge on any atom is -0.347 e. The second-order valence-corrected chi connectivity index (χ2v) is 6.19. The maximum absolute atomic E-state index is 11.6. The molecule has 1 amide bonds. The zero-order chi connectivity index (χ0) is 13.1. The highest BCUT2D eigenvalue weighted by molar-refractivity contribution is 7.90. The van der Waals surface area contributed by atoms with E-state index in [1.54, 1.807) is 13.8 Å². The summed E-state index contributed by atoms with van der Waals surface area (Å²) in [6.07, 6.45) is 3.97. The van der Waals surface area contributed by atoms with E-state index in [4.69, 9.17) is 0 Å². The number of carbonyl (C=O) groups is 1. The fraction of sp³-hybridized carbons (Fsp3) is 0.500. The molecule has 6 nitrogen and oxygen atoms in total. The van der Waals surface area contributed by atoms with Crippen LogP contribution in [0.1, 0.15) is 23.1 Å². The van der Waals surface area contributed by atoms with E-state index in [-0.39, 0.29) is 11.4 Å². The van der Waals surface area contributed by atoms with Gasteiger partial charge in [-0.05, 0) is 13.8 Å². The van der Waals surface area contributed by atoms with E-state index < -0.39 is 21.8 Å². The third-order valence-electron chi connectivity index (χ3n) is 1.94. The minimum absolute atomic E-state index is 0.0992. The Morgan fingerprint density at radius 3 is 2.53 bits per heavy atom. The molecule has 0 aliphatic heterocycles. The van der Waals surface area contributed by atoms with Crippen LogP contribution in [0.3, 0.4) is 0 Å². The number of aryl methyl sites for hydroxylation is 1. The first-order chi connectivity index (χ1) is 7.78. The monoisotopic (exact) mass is 257 g/mol. The molecule has 0 bridgehead atoms. The van der Waals surface area contributed by atoms with Gasteiger partial charge in [0.2, 0.25) is 0 Å². The summed E-state index contributed by atoms with van der Waals surface area (Å²) >= 11 is 0. The molecule has 94 valence electrons. The van der Waals surface area contributed by atoms with Crippen LogP contribution >= 0.6 is 0 Å². The van der Waals surface area contributed by atoms with Crippen molar-refractivity contribution in [3.8, 4) is 0 Å². The summed E-state index contributed by atoms with van der Waals surface area (Å²) in [5.41, 5.74) is 0.890. The lowest BCUT2D eigenvalue weighted by Gasteiger charge is -2.11. The number of sulfone groups is 1. The number of carbonyl (C=O) groups excluding carboxylic acids is 1. The van der Waals surface area contributed by atoms with Crippen LogP contribution in [0, 0.1) is 6.92 Å². The van der Waals surface area contributed by atoms with Crippen molar-refractivity contribution in [3.05, 3.63) is 23.8 Å². The molecule has 7 heteroatoms. The molecule has 1 atom stereocenters. The molecular formula is C10H15N3O3S. The standard InChI is InChI=1S/C10H15N3O3S/c1-7-4-12-9(5-11-7)10(14)13-8(2)6-17(3,15)16/h4-5,8H,6H2,1-3H3,(H,13,14). The normalized spacial score (nSPS) is 13.1. The molecule has 1 N–H and O–H groups in total. The van der Waals surface area contributed by atoms with Crippen LogP contribution < -0.4 is 5.32 Å². The quantitative estimate of drug-likeness (QED) is 0.816. The van der Waals surface area contributed by atoms with Crippen molar-refractivity contribution in [1.82, 2.24) is 15.3 Å². The Hall–Kier alpha value is -1.50.